The van der Waals surface area contributed by atoms with Gasteiger partial charge in [-0.05, 0) is 36.8 Å². The molecule has 29 heavy (non-hydrogen) atoms. The first-order chi connectivity index (χ1) is 13.4. The van der Waals surface area contributed by atoms with E-state index in [1.807, 2.05) is 13.8 Å². The van der Waals surface area contributed by atoms with Crippen molar-refractivity contribution >= 4 is 23.5 Å². The Morgan fingerprint density at radius 1 is 1.28 bits per heavy atom. The first kappa shape index (κ1) is 19.9. The number of hydrogen-bond acceptors (Lipinski definition) is 7. The fourth-order valence-corrected chi connectivity index (χ4v) is 6.63. The molecule has 0 aromatic heterocycles. The van der Waals surface area contributed by atoms with Crippen molar-refractivity contribution in [2.24, 2.45) is 34.5 Å². The van der Waals surface area contributed by atoms with Crippen LogP contribution in [0.3, 0.4) is 0 Å². The van der Waals surface area contributed by atoms with E-state index < -0.39 is 40.4 Å². The lowest BCUT2D eigenvalue weighted by Gasteiger charge is -2.63. The lowest BCUT2D eigenvalue weighted by molar-refractivity contribution is -0.217. The van der Waals surface area contributed by atoms with Gasteiger partial charge in [0.1, 0.15) is 6.10 Å². The number of hydrogen-bond donors (Lipinski definition) is 1. The van der Waals surface area contributed by atoms with Crippen LogP contribution in [0.5, 0.6) is 0 Å². The molecule has 0 unspecified atom stereocenters. The summed E-state index contributed by atoms with van der Waals surface area (Å²) < 4.78 is 10.9. The highest BCUT2D eigenvalue weighted by Gasteiger charge is 2.71. The third-order valence-electron chi connectivity index (χ3n) is 7.96. The third kappa shape index (κ3) is 2.36. The molecule has 4 aliphatic rings. The number of fused-ring (bicyclic) bond motifs is 2. The van der Waals surface area contributed by atoms with Gasteiger partial charge in [0.05, 0.1) is 6.42 Å². The second kappa shape index (κ2) is 6.03. The molecule has 0 radical (unpaired) electrons. The molecular weight excluding hydrogens is 376 g/mol. The number of aliphatic hydroxyl groups is 1. The molecule has 0 aromatic rings. The maximum Gasteiger partial charge on any atom is 0.308 e. The Bertz CT molecular complexity index is 912. The monoisotopic (exact) mass is 402 g/mol. The van der Waals surface area contributed by atoms with Gasteiger partial charge in [-0.25, -0.2) is 0 Å². The zero-order valence-corrected chi connectivity index (χ0v) is 17.3. The van der Waals surface area contributed by atoms with Crippen molar-refractivity contribution in [3.63, 3.8) is 0 Å². The molecular formula is C22H26O7. The van der Waals surface area contributed by atoms with E-state index in [0.29, 0.717) is 12.0 Å². The zero-order chi connectivity index (χ0) is 21.5. The Hall–Kier alpha value is -2.44. The Labute approximate surface area is 169 Å². The Morgan fingerprint density at radius 3 is 2.55 bits per heavy atom. The van der Waals surface area contributed by atoms with Crippen molar-refractivity contribution in [1.29, 1.82) is 0 Å². The summed E-state index contributed by atoms with van der Waals surface area (Å²) in [5, 5.41) is 10.6. The predicted octanol–water partition coefficient (Wildman–Crippen LogP) is 2.65. The molecule has 0 spiro atoms. The second-order valence-corrected chi connectivity index (χ2v) is 9.37. The van der Waals surface area contributed by atoms with Crippen LogP contribution in [0.1, 0.15) is 47.5 Å². The lowest BCUT2D eigenvalue weighted by atomic mass is 9.40. The summed E-state index contributed by atoms with van der Waals surface area (Å²) >= 11 is 0. The standard InChI is InChI=1S/C22H26O7/c1-9-6-14(28-11(3)23)20(27)22(5)12(9)7-15-21(4)13(8-16(24)29-15)10(2)17(25)18(26)19(21)22/h6,9,12-13,15,19,25H,7-8H2,1-5H3/t9-,12+,13+,15-,19+,21-,22+/m1/s1. The molecule has 7 nitrogen and oxygen atoms in total. The molecule has 1 aliphatic heterocycles. The maximum absolute atomic E-state index is 13.6. The van der Waals surface area contributed by atoms with Crippen LogP contribution in [0.25, 0.3) is 0 Å². The zero-order valence-electron chi connectivity index (χ0n) is 17.3. The third-order valence-corrected chi connectivity index (χ3v) is 7.96. The van der Waals surface area contributed by atoms with Crippen molar-refractivity contribution < 1.29 is 33.8 Å². The van der Waals surface area contributed by atoms with Crippen LogP contribution in [0, 0.1) is 34.5 Å². The Balaban J connectivity index is 1.94. The molecule has 1 N–H and O–H groups in total. The van der Waals surface area contributed by atoms with Gasteiger partial charge in [0, 0.05) is 29.6 Å². The number of Topliss-reactive ketones (excluding diaryl/α,β-unsaturated/α-hetero) is 2. The Morgan fingerprint density at radius 2 is 1.93 bits per heavy atom. The number of ether oxygens (including phenoxy) is 2. The van der Waals surface area contributed by atoms with Gasteiger partial charge in [-0.3, -0.25) is 19.2 Å². The topological polar surface area (TPSA) is 107 Å². The number of allylic oxidation sites excluding steroid dienone is 4. The lowest BCUT2D eigenvalue weighted by Crippen LogP contribution is -2.69. The number of aliphatic hydroxyl groups excluding tert-OH is 1. The molecule has 1 saturated carbocycles. The summed E-state index contributed by atoms with van der Waals surface area (Å²) in [7, 11) is 0. The molecule has 7 heteroatoms. The SMILES string of the molecule is CC(=O)OC1=C[C@@H](C)[C@@H]2C[C@H]3OC(=O)C[C@H]4C(C)=C(O)C(=O)[C@H]([C@@]2(C)C1=O)[C@@]34C. The average Bonchev–Trinajstić information content (AvgIpc) is 2.62. The van der Waals surface area contributed by atoms with E-state index in [0.717, 1.165) is 0 Å². The smallest absolute Gasteiger partial charge is 0.308 e. The first-order valence-corrected chi connectivity index (χ1v) is 10.0. The first-order valence-electron chi connectivity index (χ1n) is 10.0. The van der Waals surface area contributed by atoms with E-state index in [-0.39, 0.29) is 41.7 Å². The molecule has 7 atom stereocenters. The fraction of sp³-hybridized carbons (Fsp3) is 0.636. The van der Waals surface area contributed by atoms with Gasteiger partial charge in [0.2, 0.25) is 11.6 Å². The number of rotatable bonds is 1. The van der Waals surface area contributed by atoms with Crippen molar-refractivity contribution in [2.45, 2.75) is 53.6 Å². The molecule has 1 heterocycles. The molecule has 0 amide bonds. The number of ketones is 2. The highest BCUT2D eigenvalue weighted by Crippen LogP contribution is 2.66. The van der Waals surface area contributed by atoms with Crippen molar-refractivity contribution in [3.05, 3.63) is 23.2 Å². The molecule has 0 bridgehead atoms. The van der Waals surface area contributed by atoms with Crippen LogP contribution in [0.4, 0.5) is 0 Å². The molecule has 2 fully saturated rings. The van der Waals surface area contributed by atoms with Crippen LogP contribution in [-0.4, -0.2) is 34.7 Å². The quantitative estimate of drug-likeness (QED) is 0.672. The summed E-state index contributed by atoms with van der Waals surface area (Å²) in [5.74, 6) is -4.01. The van der Waals surface area contributed by atoms with Crippen LogP contribution >= 0.6 is 0 Å². The summed E-state index contributed by atoms with van der Waals surface area (Å²) in [6.45, 7) is 8.41. The summed E-state index contributed by atoms with van der Waals surface area (Å²) in [4.78, 5) is 50.8. The second-order valence-electron chi connectivity index (χ2n) is 9.37. The number of carbonyl (C=O) groups is 4. The van der Waals surface area contributed by atoms with Crippen molar-refractivity contribution in [1.82, 2.24) is 0 Å². The van der Waals surface area contributed by atoms with Gasteiger partial charge in [-0.2, -0.15) is 0 Å². The normalized spacial score (nSPS) is 43.8. The summed E-state index contributed by atoms with van der Waals surface area (Å²) in [6.07, 6.45) is 1.59. The highest BCUT2D eigenvalue weighted by atomic mass is 16.5. The van der Waals surface area contributed by atoms with E-state index in [2.05, 4.69) is 0 Å². The molecule has 0 aromatic carbocycles. The van der Waals surface area contributed by atoms with Gasteiger partial charge in [0.15, 0.2) is 11.5 Å². The largest absolute Gasteiger partial charge is 0.504 e. The van der Waals surface area contributed by atoms with Gasteiger partial charge < -0.3 is 14.6 Å². The fourth-order valence-electron chi connectivity index (χ4n) is 6.63. The van der Waals surface area contributed by atoms with E-state index in [1.165, 1.54) is 6.92 Å². The van der Waals surface area contributed by atoms with Crippen LogP contribution in [0.2, 0.25) is 0 Å². The van der Waals surface area contributed by atoms with E-state index in [1.54, 1.807) is 19.9 Å². The van der Waals surface area contributed by atoms with E-state index in [4.69, 9.17) is 9.47 Å². The molecule has 4 rings (SSSR count). The summed E-state index contributed by atoms with van der Waals surface area (Å²) in [6, 6.07) is 0. The molecule has 156 valence electrons. The minimum Gasteiger partial charge on any atom is -0.504 e. The minimum atomic E-state index is -1.18. The average molecular weight is 402 g/mol. The number of carbonyl (C=O) groups excluding carboxylic acids is 4. The maximum atomic E-state index is 13.6. The van der Waals surface area contributed by atoms with Crippen LogP contribution < -0.4 is 0 Å². The van der Waals surface area contributed by atoms with Gasteiger partial charge in [0.25, 0.3) is 0 Å². The van der Waals surface area contributed by atoms with Crippen molar-refractivity contribution in [2.75, 3.05) is 0 Å². The Kier molecular flexibility index (Phi) is 4.13. The highest BCUT2D eigenvalue weighted by molar-refractivity contribution is 6.07. The van der Waals surface area contributed by atoms with Gasteiger partial charge >= 0.3 is 11.9 Å². The van der Waals surface area contributed by atoms with E-state index in [9.17, 15) is 24.3 Å². The molecule has 1 saturated heterocycles. The van der Waals surface area contributed by atoms with Crippen molar-refractivity contribution in [3.8, 4) is 0 Å². The summed E-state index contributed by atoms with van der Waals surface area (Å²) in [5.41, 5.74) is -1.53. The molecule has 3 aliphatic carbocycles. The van der Waals surface area contributed by atoms with Crippen LogP contribution in [-0.2, 0) is 28.7 Å². The van der Waals surface area contributed by atoms with E-state index >= 15 is 0 Å². The van der Waals surface area contributed by atoms with Crippen LogP contribution in [0.15, 0.2) is 23.2 Å². The predicted molar refractivity (Wildman–Crippen MR) is 100 cm³/mol. The van der Waals surface area contributed by atoms with Gasteiger partial charge in [-0.1, -0.05) is 20.8 Å². The van der Waals surface area contributed by atoms with Gasteiger partial charge in [-0.15, -0.1) is 0 Å². The minimum absolute atomic E-state index is 0.0475. The number of esters is 2.